The van der Waals surface area contributed by atoms with Gasteiger partial charge in [0, 0.05) is 18.5 Å². The van der Waals surface area contributed by atoms with Gasteiger partial charge in [-0.15, -0.1) is 0 Å². The lowest BCUT2D eigenvalue weighted by atomic mass is 9.95. The zero-order valence-corrected chi connectivity index (χ0v) is 8.98. The molecule has 0 aliphatic carbocycles. The molecule has 15 heavy (non-hydrogen) atoms. The van der Waals surface area contributed by atoms with Crippen molar-refractivity contribution in [3.05, 3.63) is 17.5 Å². The van der Waals surface area contributed by atoms with E-state index in [4.69, 9.17) is 4.52 Å². The number of aldehydes is 1. The van der Waals surface area contributed by atoms with Crippen LogP contribution in [0.4, 0.5) is 0 Å². The molecule has 2 rings (SSSR count). The Morgan fingerprint density at radius 2 is 2.60 bits per heavy atom. The molecule has 0 bridgehead atoms. The topological polar surface area (TPSA) is 46.3 Å². The molecule has 1 aromatic rings. The molecule has 0 saturated carbocycles. The van der Waals surface area contributed by atoms with Gasteiger partial charge in [0.1, 0.15) is 11.5 Å². The molecule has 4 heteroatoms. The van der Waals surface area contributed by atoms with Crippen molar-refractivity contribution in [3.63, 3.8) is 0 Å². The van der Waals surface area contributed by atoms with Gasteiger partial charge in [0.15, 0.2) is 6.29 Å². The number of hydrogen-bond donors (Lipinski definition) is 0. The van der Waals surface area contributed by atoms with E-state index in [1.165, 1.54) is 13.0 Å². The third kappa shape index (κ3) is 2.26. The fourth-order valence-corrected chi connectivity index (χ4v) is 2.13. The lowest BCUT2D eigenvalue weighted by Crippen LogP contribution is -2.33. The summed E-state index contributed by atoms with van der Waals surface area (Å²) in [6.45, 7) is 5.43. The molecule has 0 aromatic carbocycles. The number of hydrogen-bond acceptors (Lipinski definition) is 4. The van der Waals surface area contributed by atoms with E-state index in [1.54, 1.807) is 6.07 Å². The lowest BCUT2D eigenvalue weighted by molar-refractivity contribution is 0.111. The van der Waals surface area contributed by atoms with Gasteiger partial charge >= 0.3 is 0 Å². The van der Waals surface area contributed by atoms with Crippen molar-refractivity contribution in [2.24, 2.45) is 0 Å². The maximum Gasteiger partial charge on any atom is 0.171 e. The Kier molecular flexibility index (Phi) is 3.16. The largest absolute Gasteiger partial charge is 0.360 e. The van der Waals surface area contributed by atoms with Crippen LogP contribution in [0.1, 0.15) is 41.9 Å². The molecule has 0 spiro atoms. The van der Waals surface area contributed by atoms with E-state index in [2.05, 4.69) is 17.0 Å². The number of carbonyl (C=O) groups is 1. The Bertz CT molecular complexity index is 335. The highest BCUT2D eigenvalue weighted by molar-refractivity contribution is 5.71. The molecule has 4 nitrogen and oxygen atoms in total. The number of piperidine rings is 1. The van der Waals surface area contributed by atoms with Crippen LogP contribution >= 0.6 is 0 Å². The molecule has 1 aliphatic rings. The van der Waals surface area contributed by atoms with Crippen molar-refractivity contribution < 1.29 is 9.32 Å². The molecule has 1 aliphatic heterocycles. The van der Waals surface area contributed by atoms with Crippen LogP contribution < -0.4 is 0 Å². The third-order valence-corrected chi connectivity index (χ3v) is 3.02. The van der Waals surface area contributed by atoms with Gasteiger partial charge in [-0.1, -0.05) is 12.1 Å². The standard InChI is InChI=1S/C11H16N2O2/c1-2-13-5-3-4-9(7-13)11-6-10(8-14)12-15-11/h6,8-9H,2-5,7H2,1H3. The zero-order chi connectivity index (χ0) is 10.7. The Morgan fingerprint density at radius 3 is 3.27 bits per heavy atom. The highest BCUT2D eigenvalue weighted by atomic mass is 16.5. The van der Waals surface area contributed by atoms with Crippen LogP contribution in [-0.2, 0) is 0 Å². The smallest absolute Gasteiger partial charge is 0.171 e. The van der Waals surface area contributed by atoms with Crippen LogP contribution in [0.5, 0.6) is 0 Å². The number of aromatic nitrogens is 1. The molecular formula is C11H16N2O2. The number of carbonyl (C=O) groups excluding carboxylic acids is 1. The first kappa shape index (κ1) is 10.4. The summed E-state index contributed by atoms with van der Waals surface area (Å²) in [6, 6.07) is 1.76. The van der Waals surface area contributed by atoms with Gasteiger partial charge in [-0.3, -0.25) is 4.79 Å². The van der Waals surface area contributed by atoms with Crippen LogP contribution in [0.25, 0.3) is 0 Å². The minimum Gasteiger partial charge on any atom is -0.360 e. The highest BCUT2D eigenvalue weighted by Crippen LogP contribution is 2.26. The molecule has 2 heterocycles. The molecule has 1 fully saturated rings. The molecule has 0 radical (unpaired) electrons. The normalized spacial score (nSPS) is 22.9. The van der Waals surface area contributed by atoms with Crippen molar-refractivity contribution in [2.45, 2.75) is 25.7 Å². The van der Waals surface area contributed by atoms with E-state index in [0.29, 0.717) is 11.6 Å². The van der Waals surface area contributed by atoms with E-state index < -0.39 is 0 Å². The zero-order valence-electron chi connectivity index (χ0n) is 8.98. The van der Waals surface area contributed by atoms with Crippen LogP contribution in [-0.4, -0.2) is 36.0 Å². The summed E-state index contributed by atoms with van der Waals surface area (Å²) in [7, 11) is 0. The highest BCUT2D eigenvalue weighted by Gasteiger charge is 2.23. The van der Waals surface area contributed by atoms with Gasteiger partial charge in [0.05, 0.1) is 0 Å². The van der Waals surface area contributed by atoms with Crippen LogP contribution in [0.15, 0.2) is 10.6 Å². The predicted molar refractivity (Wildman–Crippen MR) is 56.0 cm³/mol. The number of nitrogens with zero attached hydrogens (tertiary/aromatic N) is 2. The summed E-state index contributed by atoms with van der Waals surface area (Å²) in [5, 5.41) is 3.70. The molecule has 1 atom stereocenters. The van der Waals surface area contributed by atoms with E-state index in [9.17, 15) is 4.79 Å². The first-order chi connectivity index (χ1) is 7.33. The van der Waals surface area contributed by atoms with E-state index in [0.717, 1.165) is 31.6 Å². The molecular weight excluding hydrogens is 192 g/mol. The van der Waals surface area contributed by atoms with Crippen molar-refractivity contribution >= 4 is 6.29 Å². The number of likely N-dealkylation sites (tertiary alicyclic amines) is 1. The molecule has 0 N–H and O–H groups in total. The van der Waals surface area contributed by atoms with Crippen molar-refractivity contribution in [3.8, 4) is 0 Å². The number of rotatable bonds is 3. The van der Waals surface area contributed by atoms with Crippen LogP contribution in [0.2, 0.25) is 0 Å². The van der Waals surface area contributed by atoms with Gasteiger partial charge < -0.3 is 9.42 Å². The monoisotopic (exact) mass is 208 g/mol. The summed E-state index contributed by atoms with van der Waals surface area (Å²) in [4.78, 5) is 12.9. The number of likely N-dealkylation sites (N-methyl/N-ethyl adjacent to an activating group) is 1. The Labute approximate surface area is 89.2 Å². The summed E-state index contributed by atoms with van der Waals surface area (Å²) in [6.07, 6.45) is 3.05. The summed E-state index contributed by atoms with van der Waals surface area (Å²) in [5.74, 6) is 1.26. The summed E-state index contributed by atoms with van der Waals surface area (Å²) < 4.78 is 5.18. The fraction of sp³-hybridized carbons (Fsp3) is 0.636. The minimum atomic E-state index is 0.402. The van der Waals surface area contributed by atoms with Gasteiger partial charge in [0.2, 0.25) is 0 Å². The summed E-state index contributed by atoms with van der Waals surface area (Å²) in [5.41, 5.74) is 0.402. The fourth-order valence-electron chi connectivity index (χ4n) is 2.13. The summed E-state index contributed by atoms with van der Waals surface area (Å²) >= 11 is 0. The Hall–Kier alpha value is -1.16. The van der Waals surface area contributed by atoms with Gasteiger partial charge in [-0.25, -0.2) is 0 Å². The van der Waals surface area contributed by atoms with Gasteiger partial charge in [-0.05, 0) is 25.9 Å². The van der Waals surface area contributed by atoms with Crippen LogP contribution in [0, 0.1) is 0 Å². The lowest BCUT2D eigenvalue weighted by Gasteiger charge is -2.30. The second-order valence-electron chi connectivity index (χ2n) is 4.00. The quantitative estimate of drug-likeness (QED) is 0.709. The average Bonchev–Trinajstić information content (AvgIpc) is 2.78. The predicted octanol–water partition coefficient (Wildman–Crippen LogP) is 1.69. The molecule has 1 aromatic heterocycles. The Morgan fingerprint density at radius 1 is 1.73 bits per heavy atom. The van der Waals surface area contributed by atoms with Gasteiger partial charge in [-0.2, -0.15) is 0 Å². The van der Waals surface area contributed by atoms with Gasteiger partial charge in [0.25, 0.3) is 0 Å². The van der Waals surface area contributed by atoms with E-state index in [-0.39, 0.29) is 0 Å². The van der Waals surface area contributed by atoms with E-state index >= 15 is 0 Å². The maximum atomic E-state index is 10.5. The van der Waals surface area contributed by atoms with Crippen LogP contribution in [0.3, 0.4) is 0 Å². The SMILES string of the molecule is CCN1CCCC(c2cc(C=O)no2)C1. The molecule has 1 saturated heterocycles. The second-order valence-corrected chi connectivity index (χ2v) is 4.00. The molecule has 0 amide bonds. The average molecular weight is 208 g/mol. The third-order valence-electron chi connectivity index (χ3n) is 3.02. The van der Waals surface area contributed by atoms with Crippen molar-refractivity contribution in [1.29, 1.82) is 0 Å². The molecule has 82 valence electrons. The molecule has 1 unspecified atom stereocenters. The maximum absolute atomic E-state index is 10.5. The second kappa shape index (κ2) is 4.57. The van der Waals surface area contributed by atoms with Crippen molar-refractivity contribution in [1.82, 2.24) is 10.1 Å². The van der Waals surface area contributed by atoms with E-state index in [1.807, 2.05) is 0 Å². The first-order valence-corrected chi connectivity index (χ1v) is 5.47. The first-order valence-electron chi connectivity index (χ1n) is 5.47. The minimum absolute atomic E-state index is 0.402. The van der Waals surface area contributed by atoms with Crippen molar-refractivity contribution in [2.75, 3.05) is 19.6 Å². The Balaban J connectivity index is 2.06.